The zero-order chi connectivity index (χ0) is 20.3. The highest BCUT2D eigenvalue weighted by molar-refractivity contribution is 7.91. The van der Waals surface area contributed by atoms with Crippen molar-refractivity contribution >= 4 is 15.7 Å². The molecular weight excluding hydrogens is 378 g/mol. The number of aryl methyl sites for hydroxylation is 1. The Morgan fingerprint density at radius 2 is 2.00 bits per heavy atom. The van der Waals surface area contributed by atoms with Gasteiger partial charge in [0.2, 0.25) is 5.91 Å². The van der Waals surface area contributed by atoms with Crippen molar-refractivity contribution in [2.45, 2.75) is 39.2 Å². The molecule has 2 aromatic rings. The van der Waals surface area contributed by atoms with Crippen LogP contribution in [-0.4, -0.2) is 53.3 Å². The monoisotopic (exact) mass is 403 g/mol. The Kier molecular flexibility index (Phi) is 5.98. The first-order valence-corrected chi connectivity index (χ1v) is 11.3. The summed E-state index contributed by atoms with van der Waals surface area (Å²) in [6.45, 7) is 4.07. The van der Waals surface area contributed by atoms with Crippen molar-refractivity contribution in [3.05, 3.63) is 51.9 Å². The number of hydrogen-bond acceptors (Lipinski definition) is 5. The van der Waals surface area contributed by atoms with Gasteiger partial charge in [-0.1, -0.05) is 30.3 Å². The van der Waals surface area contributed by atoms with Gasteiger partial charge >= 0.3 is 0 Å². The van der Waals surface area contributed by atoms with Gasteiger partial charge in [0.1, 0.15) is 5.82 Å². The Labute approximate surface area is 164 Å². The first-order valence-electron chi connectivity index (χ1n) is 9.46. The molecular formula is C20H25N3O4S. The molecule has 1 aliphatic heterocycles. The smallest absolute Gasteiger partial charge is 0.254 e. The van der Waals surface area contributed by atoms with Crippen LogP contribution in [0.25, 0.3) is 11.4 Å². The molecule has 1 N–H and O–H groups in total. The fraction of sp³-hybridized carbons (Fsp3) is 0.450. The number of aromatic amines is 1. The van der Waals surface area contributed by atoms with Gasteiger partial charge in [0.15, 0.2) is 9.84 Å². The van der Waals surface area contributed by atoms with Crippen molar-refractivity contribution in [3.63, 3.8) is 0 Å². The lowest BCUT2D eigenvalue weighted by atomic mass is 10.1. The van der Waals surface area contributed by atoms with Gasteiger partial charge in [0.05, 0.1) is 11.5 Å². The summed E-state index contributed by atoms with van der Waals surface area (Å²) < 4.78 is 23.4. The van der Waals surface area contributed by atoms with Crippen LogP contribution in [0.5, 0.6) is 0 Å². The highest BCUT2D eigenvalue weighted by Gasteiger charge is 2.33. The zero-order valence-electron chi connectivity index (χ0n) is 16.1. The van der Waals surface area contributed by atoms with Crippen molar-refractivity contribution in [2.75, 3.05) is 18.1 Å². The van der Waals surface area contributed by atoms with Gasteiger partial charge in [-0.2, -0.15) is 0 Å². The van der Waals surface area contributed by atoms with E-state index in [-0.39, 0.29) is 41.9 Å². The third-order valence-corrected chi connectivity index (χ3v) is 6.92. The van der Waals surface area contributed by atoms with Gasteiger partial charge in [-0.25, -0.2) is 13.4 Å². The molecule has 1 fully saturated rings. The number of sulfone groups is 1. The molecule has 0 saturated carbocycles. The predicted molar refractivity (Wildman–Crippen MR) is 108 cm³/mol. The van der Waals surface area contributed by atoms with Crippen LogP contribution in [0, 0.1) is 6.92 Å². The number of nitrogens with one attached hydrogen (secondary N) is 1. The van der Waals surface area contributed by atoms with E-state index in [0.29, 0.717) is 30.0 Å². The molecule has 2 heterocycles. The maximum absolute atomic E-state index is 12.7. The summed E-state index contributed by atoms with van der Waals surface area (Å²) in [4.78, 5) is 34.1. The van der Waals surface area contributed by atoms with Gasteiger partial charge in [-0.05, 0) is 26.7 Å². The summed E-state index contributed by atoms with van der Waals surface area (Å²) in [7, 11) is -3.05. The second kappa shape index (κ2) is 8.26. The van der Waals surface area contributed by atoms with Crippen LogP contribution in [-0.2, 0) is 21.1 Å². The Morgan fingerprint density at radius 1 is 1.29 bits per heavy atom. The summed E-state index contributed by atoms with van der Waals surface area (Å²) in [6.07, 6.45) is 0.910. The average Bonchev–Trinajstić information content (AvgIpc) is 3.01. The van der Waals surface area contributed by atoms with Gasteiger partial charge in [0.25, 0.3) is 5.56 Å². The first kappa shape index (κ1) is 20.3. The van der Waals surface area contributed by atoms with Crippen molar-refractivity contribution in [3.8, 4) is 11.4 Å². The lowest BCUT2D eigenvalue weighted by molar-refractivity contribution is -0.132. The normalized spacial score (nSPS) is 18.1. The van der Waals surface area contributed by atoms with Crippen LogP contribution in [0.4, 0.5) is 0 Å². The number of benzene rings is 1. The van der Waals surface area contributed by atoms with Crippen LogP contribution >= 0.6 is 0 Å². The van der Waals surface area contributed by atoms with E-state index in [1.165, 1.54) is 0 Å². The quantitative estimate of drug-likeness (QED) is 0.791. The maximum Gasteiger partial charge on any atom is 0.254 e. The summed E-state index contributed by atoms with van der Waals surface area (Å²) in [5, 5.41) is 0. The van der Waals surface area contributed by atoms with E-state index in [2.05, 4.69) is 9.97 Å². The van der Waals surface area contributed by atoms with Crippen LogP contribution in [0.2, 0.25) is 0 Å². The summed E-state index contributed by atoms with van der Waals surface area (Å²) in [5.41, 5.74) is 1.67. The molecule has 1 aromatic heterocycles. The zero-order valence-corrected chi connectivity index (χ0v) is 17.0. The van der Waals surface area contributed by atoms with E-state index in [1.54, 1.807) is 11.8 Å². The molecule has 1 atom stereocenters. The first-order chi connectivity index (χ1) is 13.3. The number of aromatic nitrogens is 2. The van der Waals surface area contributed by atoms with Crippen molar-refractivity contribution < 1.29 is 13.2 Å². The van der Waals surface area contributed by atoms with Crippen molar-refractivity contribution in [1.82, 2.24) is 14.9 Å². The maximum atomic E-state index is 12.7. The number of carbonyl (C=O) groups is 1. The molecule has 150 valence electrons. The number of H-pyrrole nitrogens is 1. The molecule has 1 aromatic carbocycles. The molecule has 28 heavy (non-hydrogen) atoms. The molecule has 1 amide bonds. The van der Waals surface area contributed by atoms with Gasteiger partial charge in [-0.3, -0.25) is 9.59 Å². The lowest BCUT2D eigenvalue weighted by Gasteiger charge is -2.27. The largest absolute Gasteiger partial charge is 0.339 e. The van der Waals surface area contributed by atoms with Gasteiger partial charge in [-0.15, -0.1) is 0 Å². The van der Waals surface area contributed by atoms with Crippen molar-refractivity contribution in [1.29, 1.82) is 0 Å². The van der Waals surface area contributed by atoms with Crippen LogP contribution in [0.3, 0.4) is 0 Å². The molecule has 0 radical (unpaired) electrons. The number of nitrogens with zero attached hydrogens (tertiary/aromatic N) is 2. The van der Waals surface area contributed by atoms with E-state index < -0.39 is 9.84 Å². The standard InChI is InChI=1S/C20H25N3O4S/c1-3-23(16-11-12-28(26,27)13-16)18(24)10-9-17-14(2)21-19(22-20(17)25)15-7-5-4-6-8-15/h4-8,16H,3,9-13H2,1-2H3,(H,21,22,25). The Bertz CT molecular complexity index is 1020. The number of hydrogen-bond donors (Lipinski definition) is 1. The number of rotatable bonds is 6. The Morgan fingerprint density at radius 3 is 2.57 bits per heavy atom. The molecule has 8 heteroatoms. The molecule has 1 unspecified atom stereocenters. The SMILES string of the molecule is CCN(C(=O)CCc1c(C)nc(-c2ccccc2)[nH]c1=O)C1CCS(=O)(=O)C1. The minimum absolute atomic E-state index is 0.0273. The Balaban J connectivity index is 1.72. The molecule has 1 saturated heterocycles. The van der Waals surface area contributed by atoms with Crippen LogP contribution in [0.15, 0.2) is 35.1 Å². The van der Waals surface area contributed by atoms with Crippen molar-refractivity contribution in [2.24, 2.45) is 0 Å². The van der Waals surface area contributed by atoms with E-state index in [0.717, 1.165) is 5.56 Å². The molecule has 0 bridgehead atoms. The van der Waals surface area contributed by atoms with Crippen LogP contribution in [0.1, 0.15) is 31.0 Å². The molecule has 7 nitrogen and oxygen atoms in total. The highest BCUT2D eigenvalue weighted by atomic mass is 32.2. The van der Waals surface area contributed by atoms with Crippen LogP contribution < -0.4 is 5.56 Å². The second-order valence-corrected chi connectivity index (χ2v) is 9.31. The summed E-state index contributed by atoms with van der Waals surface area (Å²) in [6, 6.07) is 9.12. The highest BCUT2D eigenvalue weighted by Crippen LogP contribution is 2.19. The fourth-order valence-corrected chi connectivity index (χ4v) is 5.40. The van der Waals surface area contributed by atoms with Gasteiger partial charge in [0, 0.05) is 35.8 Å². The minimum Gasteiger partial charge on any atom is -0.339 e. The van der Waals surface area contributed by atoms with E-state index in [9.17, 15) is 18.0 Å². The van der Waals surface area contributed by atoms with E-state index >= 15 is 0 Å². The molecule has 0 spiro atoms. The second-order valence-electron chi connectivity index (χ2n) is 7.08. The molecule has 3 rings (SSSR count). The fourth-order valence-electron chi connectivity index (χ4n) is 3.67. The van der Waals surface area contributed by atoms with Gasteiger partial charge < -0.3 is 9.88 Å². The topological polar surface area (TPSA) is 100 Å². The Hall–Kier alpha value is -2.48. The summed E-state index contributed by atoms with van der Waals surface area (Å²) >= 11 is 0. The lowest BCUT2D eigenvalue weighted by Crippen LogP contribution is -2.41. The average molecular weight is 404 g/mol. The third-order valence-electron chi connectivity index (χ3n) is 5.17. The predicted octanol–water partition coefficient (Wildman–Crippen LogP) is 1.71. The number of carbonyl (C=O) groups excluding carboxylic acids is 1. The molecule has 1 aliphatic rings. The van der Waals surface area contributed by atoms with E-state index in [1.807, 2.05) is 37.3 Å². The number of amides is 1. The molecule has 0 aliphatic carbocycles. The summed E-state index contributed by atoms with van der Waals surface area (Å²) in [5.74, 6) is 0.532. The minimum atomic E-state index is -3.05. The van der Waals surface area contributed by atoms with E-state index in [4.69, 9.17) is 0 Å². The third kappa shape index (κ3) is 4.49.